The molecule has 2 atom stereocenters. The molecule has 2 aliphatic heterocycles. The van der Waals surface area contributed by atoms with Crippen molar-refractivity contribution in [3.8, 4) is 11.8 Å². The minimum atomic E-state index is 0.538. The highest BCUT2D eigenvalue weighted by molar-refractivity contribution is 5.12. The monoisotopic (exact) mass is 177 g/mol. The van der Waals surface area contributed by atoms with Gasteiger partial charge < -0.3 is 4.90 Å². The van der Waals surface area contributed by atoms with E-state index in [4.69, 9.17) is 0 Å². The Hall–Kier alpha value is -0.480. The van der Waals surface area contributed by atoms with Gasteiger partial charge in [0.05, 0.1) is 0 Å². The second kappa shape index (κ2) is 3.35. The number of hydrogen-bond donors (Lipinski definition) is 0. The van der Waals surface area contributed by atoms with Crippen LogP contribution in [0.1, 0.15) is 33.1 Å². The smallest absolute Gasteiger partial charge is 0.0232 e. The summed E-state index contributed by atoms with van der Waals surface area (Å²) in [5.74, 6) is 7.96. The van der Waals surface area contributed by atoms with Gasteiger partial charge in [-0.05, 0) is 26.3 Å². The summed E-state index contributed by atoms with van der Waals surface area (Å²) in [5.41, 5.74) is 0. The highest BCUT2D eigenvalue weighted by Crippen LogP contribution is 2.39. The number of rotatable bonds is 0. The van der Waals surface area contributed by atoms with E-state index in [0.717, 1.165) is 12.1 Å². The second-order valence-electron chi connectivity index (χ2n) is 4.82. The molecule has 1 aliphatic carbocycles. The Kier molecular flexibility index (Phi) is 2.34. The first-order valence-electron chi connectivity index (χ1n) is 5.40. The van der Waals surface area contributed by atoms with E-state index in [1.807, 2.05) is 0 Å². The molecule has 2 unspecified atom stereocenters. The molecule has 1 saturated carbocycles. The quantitative estimate of drug-likeness (QED) is 0.512. The average Bonchev–Trinajstić information content (AvgIpc) is 2.14. The van der Waals surface area contributed by atoms with Crippen LogP contribution in [0.4, 0.5) is 0 Å². The molecule has 0 N–H and O–H groups in total. The lowest BCUT2D eigenvalue weighted by molar-refractivity contribution is -0.0177. The molecule has 0 radical (unpaired) electrons. The molecule has 72 valence electrons. The Labute approximate surface area is 81.5 Å². The fourth-order valence-electron chi connectivity index (χ4n) is 2.49. The van der Waals surface area contributed by atoms with Crippen LogP contribution >= 0.6 is 0 Å². The van der Waals surface area contributed by atoms with Crippen molar-refractivity contribution in [3.63, 3.8) is 0 Å². The summed E-state index contributed by atoms with van der Waals surface area (Å²) in [6.45, 7) is 4.34. The molecule has 3 aliphatic rings. The van der Waals surface area contributed by atoms with Gasteiger partial charge in [-0.25, -0.2) is 0 Å². The zero-order valence-corrected chi connectivity index (χ0v) is 8.88. The third-order valence-electron chi connectivity index (χ3n) is 3.39. The first-order valence-corrected chi connectivity index (χ1v) is 5.40. The first-order chi connectivity index (χ1) is 6.16. The zero-order valence-electron chi connectivity index (χ0n) is 8.88. The molecule has 3 rings (SSSR count). The Bertz CT molecular complexity index is 234. The predicted molar refractivity (Wildman–Crippen MR) is 55.3 cm³/mol. The maximum atomic E-state index is 3.43. The maximum absolute atomic E-state index is 3.43. The van der Waals surface area contributed by atoms with Crippen molar-refractivity contribution in [2.24, 2.45) is 11.8 Å². The highest BCUT2D eigenvalue weighted by Gasteiger charge is 2.42. The first kappa shape index (κ1) is 9.09. The van der Waals surface area contributed by atoms with Crippen molar-refractivity contribution in [1.82, 2.24) is 4.90 Å². The molecule has 0 aromatic rings. The third kappa shape index (κ3) is 1.74. The molecule has 1 heteroatoms. The lowest BCUT2D eigenvalue weighted by Gasteiger charge is -2.52. The van der Waals surface area contributed by atoms with Gasteiger partial charge in [-0.1, -0.05) is 19.8 Å². The lowest BCUT2D eigenvalue weighted by Crippen LogP contribution is -2.58. The van der Waals surface area contributed by atoms with Crippen molar-refractivity contribution in [3.05, 3.63) is 0 Å². The SMILES string of the molecule is CC(C)C#CC1CC2CC(C1)N2C. The summed E-state index contributed by atoms with van der Waals surface area (Å²) in [4.78, 5) is 2.52. The van der Waals surface area contributed by atoms with E-state index in [2.05, 4.69) is 37.6 Å². The van der Waals surface area contributed by atoms with Gasteiger partial charge in [0.15, 0.2) is 0 Å². The number of hydrogen-bond acceptors (Lipinski definition) is 1. The normalized spacial score (nSPS) is 38.0. The summed E-state index contributed by atoms with van der Waals surface area (Å²) in [5, 5.41) is 0. The summed E-state index contributed by atoms with van der Waals surface area (Å²) < 4.78 is 0. The van der Waals surface area contributed by atoms with Gasteiger partial charge in [0.1, 0.15) is 0 Å². The van der Waals surface area contributed by atoms with Gasteiger partial charge in [0.25, 0.3) is 0 Å². The molecule has 0 aromatic carbocycles. The summed E-state index contributed by atoms with van der Waals surface area (Å²) in [7, 11) is 2.25. The average molecular weight is 177 g/mol. The van der Waals surface area contributed by atoms with E-state index in [1.54, 1.807) is 0 Å². The molecule has 0 aromatic heterocycles. The van der Waals surface area contributed by atoms with Crippen LogP contribution in [0.3, 0.4) is 0 Å². The van der Waals surface area contributed by atoms with Gasteiger partial charge in [0.2, 0.25) is 0 Å². The van der Waals surface area contributed by atoms with Crippen LogP contribution in [0.25, 0.3) is 0 Å². The van der Waals surface area contributed by atoms with Crippen molar-refractivity contribution >= 4 is 0 Å². The topological polar surface area (TPSA) is 3.24 Å². The van der Waals surface area contributed by atoms with Crippen LogP contribution in [0.2, 0.25) is 0 Å². The maximum Gasteiger partial charge on any atom is 0.0232 e. The molecule has 0 spiro atoms. The van der Waals surface area contributed by atoms with Gasteiger partial charge in [-0.3, -0.25) is 0 Å². The van der Waals surface area contributed by atoms with Crippen molar-refractivity contribution in [1.29, 1.82) is 0 Å². The van der Waals surface area contributed by atoms with Crippen molar-refractivity contribution in [2.75, 3.05) is 7.05 Å². The van der Waals surface area contributed by atoms with E-state index >= 15 is 0 Å². The second-order valence-corrected chi connectivity index (χ2v) is 4.82. The molecular formula is C12H19N. The predicted octanol–water partition coefficient (Wildman–Crippen LogP) is 2.13. The van der Waals surface area contributed by atoms with Crippen LogP contribution < -0.4 is 0 Å². The van der Waals surface area contributed by atoms with Gasteiger partial charge in [-0.2, -0.15) is 0 Å². The van der Waals surface area contributed by atoms with E-state index < -0.39 is 0 Å². The number of piperidine rings is 1. The standard InChI is InChI=1S/C12H19N/c1-9(2)4-5-10-6-11-8-12(7-10)13(11)3/h9-12H,6-8H2,1-3H3. The van der Waals surface area contributed by atoms with E-state index in [0.29, 0.717) is 11.8 Å². The molecule has 2 bridgehead atoms. The van der Waals surface area contributed by atoms with E-state index in [9.17, 15) is 0 Å². The summed E-state index contributed by atoms with van der Waals surface area (Å²) in [6.07, 6.45) is 4.05. The van der Waals surface area contributed by atoms with Crippen LogP contribution in [0, 0.1) is 23.7 Å². The van der Waals surface area contributed by atoms with Crippen LogP contribution in [0.5, 0.6) is 0 Å². The molecule has 13 heavy (non-hydrogen) atoms. The summed E-state index contributed by atoms with van der Waals surface area (Å²) in [6, 6.07) is 1.70. The van der Waals surface area contributed by atoms with Crippen molar-refractivity contribution in [2.45, 2.75) is 45.2 Å². The molecule has 1 nitrogen and oxygen atoms in total. The summed E-state index contributed by atoms with van der Waals surface area (Å²) >= 11 is 0. The largest absolute Gasteiger partial charge is 0.300 e. The number of nitrogens with zero attached hydrogens (tertiary/aromatic N) is 1. The molecule has 2 heterocycles. The molecule has 3 fully saturated rings. The van der Waals surface area contributed by atoms with Crippen LogP contribution in [-0.4, -0.2) is 24.0 Å². The Morgan fingerprint density at radius 3 is 2.23 bits per heavy atom. The van der Waals surface area contributed by atoms with Gasteiger partial charge in [-0.15, -0.1) is 5.92 Å². The van der Waals surface area contributed by atoms with Crippen LogP contribution in [0.15, 0.2) is 0 Å². The minimum Gasteiger partial charge on any atom is -0.300 e. The van der Waals surface area contributed by atoms with E-state index in [-0.39, 0.29) is 0 Å². The number of fused-ring (bicyclic) bond motifs is 2. The van der Waals surface area contributed by atoms with Crippen molar-refractivity contribution < 1.29 is 0 Å². The van der Waals surface area contributed by atoms with Crippen LogP contribution in [-0.2, 0) is 0 Å². The molecule has 2 saturated heterocycles. The third-order valence-corrected chi connectivity index (χ3v) is 3.39. The lowest BCUT2D eigenvalue weighted by atomic mass is 9.74. The van der Waals surface area contributed by atoms with E-state index in [1.165, 1.54) is 19.3 Å². The molecule has 0 amide bonds. The Balaban J connectivity index is 1.90. The zero-order chi connectivity index (χ0) is 9.42. The Morgan fingerprint density at radius 2 is 1.77 bits per heavy atom. The highest BCUT2D eigenvalue weighted by atomic mass is 15.2. The Morgan fingerprint density at radius 1 is 1.15 bits per heavy atom. The minimum absolute atomic E-state index is 0.538. The van der Waals surface area contributed by atoms with Gasteiger partial charge >= 0.3 is 0 Å². The fraction of sp³-hybridized carbons (Fsp3) is 0.833. The molecular weight excluding hydrogens is 158 g/mol. The fourth-order valence-corrected chi connectivity index (χ4v) is 2.49. The van der Waals surface area contributed by atoms with Gasteiger partial charge in [0, 0.05) is 23.9 Å².